The van der Waals surface area contributed by atoms with E-state index in [4.69, 9.17) is 0 Å². The summed E-state index contributed by atoms with van der Waals surface area (Å²) in [6.45, 7) is 10.5. The first-order valence-corrected chi connectivity index (χ1v) is 10.6. The lowest BCUT2D eigenvalue weighted by atomic mass is 9.82. The Bertz CT molecular complexity index is 975. The lowest BCUT2D eigenvalue weighted by molar-refractivity contribution is 0.220. The van der Waals surface area contributed by atoms with Crippen LogP contribution in [-0.4, -0.2) is 16.7 Å². The molecule has 0 aliphatic heterocycles. The summed E-state index contributed by atoms with van der Waals surface area (Å²) in [5, 5.41) is 17.1. The summed E-state index contributed by atoms with van der Waals surface area (Å²) in [5.74, 6) is 0.191. The van der Waals surface area contributed by atoms with Crippen LogP contribution in [0.15, 0.2) is 72.8 Å². The van der Waals surface area contributed by atoms with Gasteiger partial charge in [0.15, 0.2) is 0 Å². The molecule has 2 amide bonds. The zero-order chi connectivity index (χ0) is 22.6. The lowest BCUT2D eigenvalue weighted by Crippen LogP contribution is -2.47. The topological polar surface area (TPSA) is 61.4 Å². The molecule has 4 nitrogen and oxygen atoms in total. The van der Waals surface area contributed by atoms with Crippen LogP contribution in [0.3, 0.4) is 0 Å². The Morgan fingerprint density at radius 3 is 1.68 bits per heavy atom. The molecular formula is C27H32N2O2. The van der Waals surface area contributed by atoms with E-state index < -0.39 is 0 Å². The van der Waals surface area contributed by atoms with Crippen LogP contribution < -0.4 is 10.6 Å². The van der Waals surface area contributed by atoms with Crippen molar-refractivity contribution in [3.05, 3.63) is 72.8 Å². The molecule has 0 radical (unpaired) electrons. The lowest BCUT2D eigenvalue weighted by Gasteiger charge is -2.33. The molecule has 0 unspecified atom stereocenters. The van der Waals surface area contributed by atoms with E-state index in [1.54, 1.807) is 0 Å². The zero-order valence-corrected chi connectivity index (χ0v) is 19.0. The van der Waals surface area contributed by atoms with E-state index in [-0.39, 0.29) is 22.7 Å². The van der Waals surface area contributed by atoms with Crippen LogP contribution in [0, 0.1) is 5.41 Å². The van der Waals surface area contributed by atoms with Gasteiger partial charge in [-0.1, -0.05) is 81.4 Å². The quantitative estimate of drug-likeness (QED) is 0.390. The Hall–Kier alpha value is -3.27. The van der Waals surface area contributed by atoms with Crippen molar-refractivity contribution in [1.29, 1.82) is 0 Å². The minimum absolute atomic E-state index is 0.0935. The Morgan fingerprint density at radius 2 is 1.26 bits per heavy atom. The normalized spacial score (nSPS) is 11.8. The van der Waals surface area contributed by atoms with E-state index in [1.807, 2.05) is 86.6 Å². The van der Waals surface area contributed by atoms with E-state index in [9.17, 15) is 9.90 Å². The number of nitrogens with one attached hydrogen (secondary N) is 2. The van der Waals surface area contributed by atoms with Crippen molar-refractivity contribution in [3.8, 4) is 28.0 Å². The highest BCUT2D eigenvalue weighted by Crippen LogP contribution is 2.40. The molecule has 3 N–H and O–H groups in total. The summed E-state index contributed by atoms with van der Waals surface area (Å²) in [5.41, 5.74) is 3.47. The van der Waals surface area contributed by atoms with Crippen molar-refractivity contribution in [1.82, 2.24) is 5.32 Å². The molecule has 0 aromatic heterocycles. The molecule has 0 saturated heterocycles. The van der Waals surface area contributed by atoms with Crippen molar-refractivity contribution < 1.29 is 9.90 Å². The first-order chi connectivity index (χ1) is 14.5. The number of rotatable bonds is 5. The highest BCUT2D eigenvalue weighted by Gasteiger charge is 2.27. The molecule has 0 atom stereocenters. The van der Waals surface area contributed by atoms with Gasteiger partial charge in [0.25, 0.3) is 0 Å². The number of aromatic hydroxyl groups is 1. The molecule has 0 bridgehead atoms. The SMILES string of the molecule is CC(C)(C)CC(C)(C)NC(=O)Nc1cc(-c2ccccc2)c(O)c(-c2ccccc2)c1. The number of phenolic OH excluding ortho intramolecular Hbond substituents is 1. The number of amides is 2. The second kappa shape index (κ2) is 8.84. The van der Waals surface area contributed by atoms with Gasteiger partial charge in [0.2, 0.25) is 0 Å². The third-order valence-corrected chi connectivity index (χ3v) is 4.96. The number of hydrogen-bond donors (Lipinski definition) is 3. The fourth-order valence-corrected chi connectivity index (χ4v) is 4.22. The average Bonchev–Trinajstić information content (AvgIpc) is 2.68. The molecule has 162 valence electrons. The number of carbonyl (C=O) groups excluding carboxylic acids is 1. The minimum Gasteiger partial charge on any atom is -0.507 e. The maximum atomic E-state index is 12.8. The second-order valence-electron chi connectivity index (χ2n) is 9.85. The van der Waals surface area contributed by atoms with E-state index in [2.05, 4.69) is 31.4 Å². The summed E-state index contributed by atoms with van der Waals surface area (Å²) < 4.78 is 0. The first kappa shape index (κ1) is 22.4. The van der Waals surface area contributed by atoms with Gasteiger partial charge in [0.05, 0.1) is 0 Å². The highest BCUT2D eigenvalue weighted by molar-refractivity contribution is 5.94. The van der Waals surface area contributed by atoms with Crippen molar-refractivity contribution >= 4 is 11.7 Å². The molecule has 3 rings (SSSR count). The number of carbonyl (C=O) groups is 1. The minimum atomic E-state index is -0.357. The number of phenols is 1. The molecule has 0 heterocycles. The number of urea groups is 1. The molecular weight excluding hydrogens is 384 g/mol. The van der Waals surface area contributed by atoms with Gasteiger partial charge in [0.1, 0.15) is 5.75 Å². The Kier molecular flexibility index (Phi) is 6.40. The maximum Gasteiger partial charge on any atom is 0.319 e. The van der Waals surface area contributed by atoms with Crippen LogP contribution in [-0.2, 0) is 0 Å². The van der Waals surface area contributed by atoms with E-state index in [1.165, 1.54) is 0 Å². The third kappa shape index (κ3) is 6.11. The van der Waals surface area contributed by atoms with Crippen LogP contribution in [0.4, 0.5) is 10.5 Å². The van der Waals surface area contributed by atoms with E-state index in [0.717, 1.165) is 17.5 Å². The number of hydrogen-bond acceptors (Lipinski definition) is 2. The smallest absolute Gasteiger partial charge is 0.319 e. The molecule has 0 fully saturated rings. The third-order valence-electron chi connectivity index (χ3n) is 4.96. The van der Waals surface area contributed by atoms with Gasteiger partial charge in [-0.15, -0.1) is 0 Å². The molecule has 31 heavy (non-hydrogen) atoms. The Labute approximate surface area is 185 Å². The Balaban J connectivity index is 1.96. The van der Waals surface area contributed by atoms with Crippen LogP contribution in [0.1, 0.15) is 41.0 Å². The summed E-state index contributed by atoms with van der Waals surface area (Å²) in [6, 6.07) is 22.7. The van der Waals surface area contributed by atoms with Gasteiger partial charge in [-0.2, -0.15) is 0 Å². The maximum absolute atomic E-state index is 12.8. The average molecular weight is 417 g/mol. The molecule has 4 heteroatoms. The summed E-state index contributed by atoms with van der Waals surface area (Å²) in [6.07, 6.45) is 0.841. The van der Waals surface area contributed by atoms with Gasteiger partial charge < -0.3 is 15.7 Å². The van der Waals surface area contributed by atoms with Crippen molar-refractivity contribution in [3.63, 3.8) is 0 Å². The zero-order valence-electron chi connectivity index (χ0n) is 19.0. The van der Waals surface area contributed by atoms with E-state index in [0.29, 0.717) is 16.8 Å². The molecule has 0 saturated carbocycles. The van der Waals surface area contributed by atoms with Gasteiger partial charge in [0, 0.05) is 22.4 Å². The molecule has 0 spiro atoms. The second-order valence-corrected chi connectivity index (χ2v) is 9.85. The largest absolute Gasteiger partial charge is 0.507 e. The number of anilines is 1. The summed E-state index contributed by atoms with van der Waals surface area (Å²) >= 11 is 0. The molecule has 0 aliphatic rings. The van der Waals surface area contributed by atoms with Crippen LogP contribution in [0.25, 0.3) is 22.3 Å². The predicted octanol–water partition coefficient (Wildman–Crippen LogP) is 7.06. The Morgan fingerprint density at radius 1 is 0.806 bits per heavy atom. The van der Waals surface area contributed by atoms with Gasteiger partial charge in [-0.25, -0.2) is 4.79 Å². The fraction of sp³-hybridized carbons (Fsp3) is 0.296. The van der Waals surface area contributed by atoms with Crippen LogP contribution in [0.2, 0.25) is 0 Å². The van der Waals surface area contributed by atoms with Crippen LogP contribution in [0.5, 0.6) is 5.75 Å². The van der Waals surface area contributed by atoms with Crippen molar-refractivity contribution in [2.24, 2.45) is 5.41 Å². The van der Waals surface area contributed by atoms with Gasteiger partial charge in [-0.3, -0.25) is 0 Å². The monoisotopic (exact) mass is 416 g/mol. The molecule has 0 aliphatic carbocycles. The predicted molar refractivity (Wildman–Crippen MR) is 129 cm³/mol. The molecule has 3 aromatic rings. The summed E-state index contributed by atoms with van der Waals surface area (Å²) in [7, 11) is 0. The van der Waals surface area contributed by atoms with Gasteiger partial charge >= 0.3 is 6.03 Å². The van der Waals surface area contributed by atoms with Crippen molar-refractivity contribution in [2.45, 2.75) is 46.6 Å². The fourth-order valence-electron chi connectivity index (χ4n) is 4.22. The standard InChI is InChI=1S/C27H32N2O2/c1-26(2,3)18-27(4,5)29-25(31)28-21-16-22(19-12-8-6-9-13-19)24(30)23(17-21)20-14-10-7-11-15-20/h6-17,30H,18H2,1-5H3,(H2,28,29,31). The van der Waals surface area contributed by atoms with Crippen molar-refractivity contribution in [2.75, 3.05) is 5.32 Å². The molecule has 3 aromatic carbocycles. The number of benzene rings is 3. The highest BCUT2D eigenvalue weighted by atomic mass is 16.3. The van der Waals surface area contributed by atoms with E-state index >= 15 is 0 Å². The summed E-state index contributed by atoms with van der Waals surface area (Å²) in [4.78, 5) is 12.8. The first-order valence-electron chi connectivity index (χ1n) is 10.6. The van der Waals surface area contributed by atoms with Crippen LogP contribution >= 0.6 is 0 Å². The van der Waals surface area contributed by atoms with Gasteiger partial charge in [-0.05, 0) is 48.9 Å².